The largest absolute Gasteiger partial charge is 0.481 e. The zero-order valence-electron chi connectivity index (χ0n) is 7.01. The Labute approximate surface area is 74.3 Å². The highest BCUT2D eigenvalue weighted by molar-refractivity contribution is 7.99. The molecule has 1 unspecified atom stereocenters. The summed E-state index contributed by atoms with van der Waals surface area (Å²) in [6, 6.07) is 0. The number of aliphatic carboxylic acids is 1. The van der Waals surface area contributed by atoms with E-state index in [0.29, 0.717) is 0 Å². The average Bonchev–Trinajstić information content (AvgIpc) is 1.84. The van der Waals surface area contributed by atoms with Crippen molar-refractivity contribution in [3.8, 4) is 0 Å². The second-order valence-electron chi connectivity index (χ2n) is 2.82. The molecule has 0 aromatic rings. The van der Waals surface area contributed by atoms with Crippen molar-refractivity contribution in [2.75, 3.05) is 11.5 Å². The van der Waals surface area contributed by atoms with Gasteiger partial charge in [0.2, 0.25) is 0 Å². The lowest BCUT2D eigenvalue weighted by atomic mass is 10.2. The number of carboxylic acids is 1. The van der Waals surface area contributed by atoms with E-state index in [-0.39, 0.29) is 11.5 Å². The predicted octanol–water partition coefficient (Wildman–Crippen LogP) is 2.10. The molecule has 0 rings (SSSR count). The van der Waals surface area contributed by atoms with E-state index in [1.807, 2.05) is 0 Å². The Hall–Kier alpha value is -0.320. The lowest BCUT2D eigenvalue weighted by molar-refractivity contribution is -0.140. The van der Waals surface area contributed by atoms with Crippen molar-refractivity contribution in [2.45, 2.75) is 19.8 Å². The number of hydrogen-bond acceptors (Lipinski definition) is 2. The van der Waals surface area contributed by atoms with Crippen LogP contribution in [-0.4, -0.2) is 28.5 Å². The van der Waals surface area contributed by atoms with Crippen molar-refractivity contribution >= 4 is 17.7 Å². The highest BCUT2D eigenvalue weighted by Gasteiger charge is 2.21. The van der Waals surface area contributed by atoms with Gasteiger partial charge in [-0.2, -0.15) is 11.8 Å². The van der Waals surface area contributed by atoms with E-state index < -0.39 is 17.8 Å². The second kappa shape index (κ2) is 4.64. The molecule has 72 valence electrons. The average molecular weight is 198 g/mol. The molecule has 0 radical (unpaired) electrons. The Balaban J connectivity index is 3.51. The highest BCUT2D eigenvalue weighted by atomic mass is 32.2. The molecule has 0 aliphatic heterocycles. The van der Waals surface area contributed by atoms with E-state index in [9.17, 15) is 13.6 Å². The molecular formula is C7H12F2O2S. The van der Waals surface area contributed by atoms with Gasteiger partial charge in [-0.1, -0.05) is 6.92 Å². The first kappa shape index (κ1) is 11.7. The van der Waals surface area contributed by atoms with Crippen molar-refractivity contribution in [1.82, 2.24) is 0 Å². The first-order chi connectivity index (χ1) is 5.33. The fourth-order valence-electron chi connectivity index (χ4n) is 0.486. The molecule has 1 N–H and O–H groups in total. The molecule has 1 atom stereocenters. The zero-order chi connectivity index (χ0) is 9.78. The summed E-state index contributed by atoms with van der Waals surface area (Å²) in [5.41, 5.74) is 0. The summed E-state index contributed by atoms with van der Waals surface area (Å²) >= 11 is 0.966. The maximum absolute atomic E-state index is 12.2. The van der Waals surface area contributed by atoms with Crippen LogP contribution in [0.5, 0.6) is 0 Å². The van der Waals surface area contributed by atoms with Gasteiger partial charge in [0, 0.05) is 12.7 Å². The number of halogens is 2. The third kappa shape index (κ3) is 6.39. The lowest BCUT2D eigenvalue weighted by Gasteiger charge is -2.10. The molecule has 0 aromatic heterocycles. The lowest BCUT2D eigenvalue weighted by Crippen LogP contribution is -2.17. The van der Waals surface area contributed by atoms with Gasteiger partial charge in [0.1, 0.15) is 0 Å². The number of alkyl halides is 2. The molecule has 0 saturated carbocycles. The van der Waals surface area contributed by atoms with Crippen LogP contribution in [0.15, 0.2) is 0 Å². The van der Waals surface area contributed by atoms with Gasteiger partial charge in [0.25, 0.3) is 5.92 Å². The standard InChI is InChI=1S/C7H12F2O2S/c1-5(6(10)11)3-12-4-7(2,8)9/h5H,3-4H2,1-2H3,(H,10,11). The van der Waals surface area contributed by atoms with E-state index in [2.05, 4.69) is 0 Å². The first-order valence-electron chi connectivity index (χ1n) is 3.51. The summed E-state index contributed by atoms with van der Waals surface area (Å²) in [6.07, 6.45) is 0. The molecule has 0 aliphatic rings. The Kier molecular flexibility index (Phi) is 4.52. The molecule has 0 amide bonds. The van der Waals surface area contributed by atoms with Crippen LogP contribution in [0.4, 0.5) is 8.78 Å². The Morgan fingerprint density at radius 3 is 2.50 bits per heavy atom. The normalized spacial score (nSPS) is 14.3. The summed E-state index contributed by atoms with van der Waals surface area (Å²) in [5.74, 6) is -4.29. The van der Waals surface area contributed by atoms with E-state index in [1.165, 1.54) is 6.92 Å². The van der Waals surface area contributed by atoms with E-state index in [1.54, 1.807) is 0 Å². The van der Waals surface area contributed by atoms with Crippen LogP contribution in [-0.2, 0) is 4.79 Å². The minimum atomic E-state index is -2.71. The summed E-state index contributed by atoms with van der Waals surface area (Å²) in [7, 11) is 0. The van der Waals surface area contributed by atoms with E-state index in [0.717, 1.165) is 18.7 Å². The number of carbonyl (C=O) groups is 1. The fourth-order valence-corrected chi connectivity index (χ4v) is 1.46. The topological polar surface area (TPSA) is 37.3 Å². The maximum atomic E-state index is 12.2. The molecule has 0 fully saturated rings. The van der Waals surface area contributed by atoms with Gasteiger partial charge in [0.15, 0.2) is 0 Å². The molecule has 0 saturated heterocycles. The Morgan fingerprint density at radius 2 is 2.17 bits per heavy atom. The van der Waals surface area contributed by atoms with Crippen LogP contribution < -0.4 is 0 Å². The van der Waals surface area contributed by atoms with Crippen LogP contribution in [0.1, 0.15) is 13.8 Å². The SMILES string of the molecule is CC(CSCC(C)(F)F)C(=O)O. The molecule has 12 heavy (non-hydrogen) atoms. The molecule has 0 heterocycles. The second-order valence-corrected chi connectivity index (χ2v) is 3.85. The van der Waals surface area contributed by atoms with Crippen molar-refractivity contribution in [3.05, 3.63) is 0 Å². The smallest absolute Gasteiger partial charge is 0.307 e. The van der Waals surface area contributed by atoms with Crippen LogP contribution in [0.25, 0.3) is 0 Å². The van der Waals surface area contributed by atoms with Gasteiger partial charge in [-0.15, -0.1) is 0 Å². The number of hydrogen-bond donors (Lipinski definition) is 1. The van der Waals surface area contributed by atoms with Crippen LogP contribution in [0.3, 0.4) is 0 Å². The van der Waals surface area contributed by atoms with Gasteiger partial charge >= 0.3 is 5.97 Å². The van der Waals surface area contributed by atoms with Gasteiger partial charge < -0.3 is 5.11 Å². The molecular weight excluding hydrogens is 186 g/mol. The Morgan fingerprint density at radius 1 is 1.67 bits per heavy atom. The first-order valence-corrected chi connectivity index (χ1v) is 4.67. The summed E-state index contributed by atoms with van der Waals surface area (Å²) in [5, 5.41) is 8.41. The molecule has 0 spiro atoms. The number of rotatable bonds is 5. The van der Waals surface area contributed by atoms with E-state index >= 15 is 0 Å². The summed E-state index contributed by atoms with van der Waals surface area (Å²) < 4.78 is 24.4. The van der Waals surface area contributed by atoms with Crippen LogP contribution >= 0.6 is 11.8 Å². The van der Waals surface area contributed by atoms with Gasteiger partial charge in [-0.25, -0.2) is 8.78 Å². The van der Waals surface area contributed by atoms with E-state index in [4.69, 9.17) is 5.11 Å². The van der Waals surface area contributed by atoms with Gasteiger partial charge in [-0.3, -0.25) is 4.79 Å². The van der Waals surface area contributed by atoms with Crippen molar-refractivity contribution in [3.63, 3.8) is 0 Å². The minimum absolute atomic E-state index is 0.235. The third-order valence-corrected chi connectivity index (χ3v) is 2.59. The summed E-state index contributed by atoms with van der Waals surface area (Å²) in [4.78, 5) is 10.3. The number of thioether (sulfide) groups is 1. The van der Waals surface area contributed by atoms with Crippen molar-refractivity contribution in [1.29, 1.82) is 0 Å². The molecule has 5 heteroatoms. The minimum Gasteiger partial charge on any atom is -0.481 e. The highest BCUT2D eigenvalue weighted by Crippen LogP contribution is 2.20. The van der Waals surface area contributed by atoms with Gasteiger partial charge in [-0.05, 0) is 0 Å². The summed E-state index contributed by atoms with van der Waals surface area (Å²) in [6.45, 7) is 2.33. The molecule has 2 nitrogen and oxygen atoms in total. The monoisotopic (exact) mass is 198 g/mol. The Bertz CT molecular complexity index is 156. The quantitative estimate of drug-likeness (QED) is 0.735. The van der Waals surface area contributed by atoms with Crippen molar-refractivity contribution < 1.29 is 18.7 Å². The maximum Gasteiger partial charge on any atom is 0.307 e. The van der Waals surface area contributed by atoms with Crippen LogP contribution in [0.2, 0.25) is 0 Å². The number of carboxylic acid groups (broad SMARTS) is 1. The zero-order valence-corrected chi connectivity index (χ0v) is 7.83. The molecule has 0 aromatic carbocycles. The van der Waals surface area contributed by atoms with Gasteiger partial charge in [0.05, 0.1) is 11.7 Å². The van der Waals surface area contributed by atoms with Crippen molar-refractivity contribution in [2.24, 2.45) is 5.92 Å². The van der Waals surface area contributed by atoms with Crippen LogP contribution in [0, 0.1) is 5.92 Å². The third-order valence-electron chi connectivity index (χ3n) is 1.14. The fraction of sp³-hybridized carbons (Fsp3) is 0.857. The predicted molar refractivity (Wildman–Crippen MR) is 44.7 cm³/mol. The molecule has 0 aliphatic carbocycles. The molecule has 0 bridgehead atoms.